The van der Waals surface area contributed by atoms with Crippen molar-refractivity contribution >= 4 is 21.8 Å². The number of nitrogens with one attached hydrogen (secondary N) is 3. The van der Waals surface area contributed by atoms with Crippen molar-refractivity contribution < 1.29 is 22.7 Å². The SMILES string of the molecule is CCOc1ccc(S(=O)(=O)NCCC(=O)NNC(C)=O)cc1. The molecule has 1 rings (SSSR count). The number of hydrogen-bond donors (Lipinski definition) is 3. The Hall–Kier alpha value is -2.13. The Bertz CT molecular complexity index is 613. The minimum atomic E-state index is -3.69. The quantitative estimate of drug-likeness (QED) is 0.606. The molecule has 0 spiro atoms. The van der Waals surface area contributed by atoms with Gasteiger partial charge in [0.25, 0.3) is 0 Å². The maximum atomic E-state index is 12.0. The van der Waals surface area contributed by atoms with E-state index in [4.69, 9.17) is 4.74 Å². The Morgan fingerprint density at radius 2 is 1.77 bits per heavy atom. The van der Waals surface area contributed by atoms with Gasteiger partial charge in [-0.1, -0.05) is 0 Å². The van der Waals surface area contributed by atoms with Gasteiger partial charge in [0.2, 0.25) is 21.8 Å². The lowest BCUT2D eigenvalue weighted by Crippen LogP contribution is -2.41. The molecule has 0 aliphatic heterocycles. The molecule has 0 aliphatic carbocycles. The van der Waals surface area contributed by atoms with Gasteiger partial charge in [-0.3, -0.25) is 20.4 Å². The number of rotatable bonds is 7. The van der Waals surface area contributed by atoms with Crippen LogP contribution in [0.2, 0.25) is 0 Å². The fourth-order valence-corrected chi connectivity index (χ4v) is 2.52. The highest BCUT2D eigenvalue weighted by atomic mass is 32.2. The van der Waals surface area contributed by atoms with Gasteiger partial charge in [0.1, 0.15) is 5.75 Å². The molecule has 0 unspecified atom stereocenters. The number of carbonyl (C=O) groups is 2. The first-order chi connectivity index (χ1) is 10.3. The zero-order chi connectivity index (χ0) is 16.6. The molecule has 1 aromatic carbocycles. The number of ether oxygens (including phenoxy) is 1. The average Bonchev–Trinajstić information content (AvgIpc) is 2.46. The predicted octanol–water partition coefficient (Wildman–Crippen LogP) is -0.0790. The van der Waals surface area contributed by atoms with Gasteiger partial charge in [-0.05, 0) is 31.2 Å². The Balaban J connectivity index is 2.50. The second kappa shape index (κ2) is 8.35. The highest BCUT2D eigenvalue weighted by Crippen LogP contribution is 2.15. The van der Waals surface area contributed by atoms with E-state index in [-0.39, 0.29) is 17.9 Å². The first-order valence-corrected chi connectivity index (χ1v) is 8.11. The molecule has 22 heavy (non-hydrogen) atoms. The highest BCUT2D eigenvalue weighted by molar-refractivity contribution is 7.89. The molecule has 0 aliphatic rings. The van der Waals surface area contributed by atoms with Crippen molar-refractivity contribution in [1.82, 2.24) is 15.6 Å². The highest BCUT2D eigenvalue weighted by Gasteiger charge is 2.14. The largest absolute Gasteiger partial charge is 0.494 e. The zero-order valence-electron chi connectivity index (χ0n) is 12.4. The molecule has 0 saturated carbocycles. The van der Waals surface area contributed by atoms with Crippen molar-refractivity contribution in [2.75, 3.05) is 13.2 Å². The Morgan fingerprint density at radius 3 is 2.32 bits per heavy atom. The lowest BCUT2D eigenvalue weighted by atomic mass is 10.3. The van der Waals surface area contributed by atoms with E-state index in [2.05, 4.69) is 15.6 Å². The topological polar surface area (TPSA) is 114 Å². The number of benzene rings is 1. The first kappa shape index (κ1) is 17.9. The van der Waals surface area contributed by atoms with Crippen LogP contribution in [-0.2, 0) is 19.6 Å². The monoisotopic (exact) mass is 329 g/mol. The first-order valence-electron chi connectivity index (χ1n) is 6.63. The van der Waals surface area contributed by atoms with Crippen LogP contribution in [0.3, 0.4) is 0 Å². The van der Waals surface area contributed by atoms with Gasteiger partial charge in [0.15, 0.2) is 0 Å². The average molecular weight is 329 g/mol. The lowest BCUT2D eigenvalue weighted by molar-refractivity contribution is -0.127. The zero-order valence-corrected chi connectivity index (χ0v) is 13.2. The molecule has 3 N–H and O–H groups in total. The van der Waals surface area contributed by atoms with Crippen molar-refractivity contribution in [2.45, 2.75) is 25.2 Å². The summed E-state index contributed by atoms with van der Waals surface area (Å²) < 4.78 is 31.5. The molecule has 0 bridgehead atoms. The Labute approximate surface area is 129 Å². The molecule has 0 atom stereocenters. The second-order valence-corrected chi connectivity index (χ2v) is 6.05. The Kier molecular flexibility index (Phi) is 6.80. The molecule has 0 heterocycles. The molecule has 0 fully saturated rings. The van der Waals surface area contributed by atoms with E-state index in [0.717, 1.165) is 0 Å². The molecular formula is C13H19N3O5S. The van der Waals surface area contributed by atoms with Crippen molar-refractivity contribution in [3.05, 3.63) is 24.3 Å². The molecule has 8 nitrogen and oxygen atoms in total. The third kappa shape index (κ3) is 6.10. The van der Waals surface area contributed by atoms with Gasteiger partial charge < -0.3 is 4.74 Å². The van der Waals surface area contributed by atoms with E-state index >= 15 is 0 Å². The summed E-state index contributed by atoms with van der Waals surface area (Å²) in [5.74, 6) is -0.330. The predicted molar refractivity (Wildman–Crippen MR) is 79.4 cm³/mol. The summed E-state index contributed by atoms with van der Waals surface area (Å²) in [6, 6.07) is 5.96. The van der Waals surface area contributed by atoms with Crippen LogP contribution in [0.4, 0.5) is 0 Å². The minimum absolute atomic E-state index is 0.0817. The summed E-state index contributed by atoms with van der Waals surface area (Å²) in [5.41, 5.74) is 4.25. The van der Waals surface area contributed by atoms with Crippen LogP contribution in [0, 0.1) is 0 Å². The molecule has 0 saturated heterocycles. The van der Waals surface area contributed by atoms with Crippen LogP contribution < -0.4 is 20.3 Å². The number of hydrazine groups is 1. The lowest BCUT2D eigenvalue weighted by Gasteiger charge is -2.08. The van der Waals surface area contributed by atoms with Gasteiger partial charge in [0.05, 0.1) is 11.5 Å². The molecule has 0 aromatic heterocycles. The van der Waals surface area contributed by atoms with Crippen molar-refractivity contribution in [3.8, 4) is 5.75 Å². The third-order valence-corrected chi connectivity index (χ3v) is 3.94. The number of amides is 2. The van der Waals surface area contributed by atoms with Crippen LogP contribution in [0.1, 0.15) is 20.3 Å². The molecule has 0 radical (unpaired) electrons. The normalized spacial score (nSPS) is 10.8. The maximum Gasteiger partial charge on any atom is 0.240 e. The van der Waals surface area contributed by atoms with E-state index in [9.17, 15) is 18.0 Å². The summed E-state index contributed by atoms with van der Waals surface area (Å²) in [6.07, 6.45) is -0.101. The molecule has 2 amide bonds. The van der Waals surface area contributed by atoms with Crippen LogP contribution in [-0.4, -0.2) is 33.4 Å². The minimum Gasteiger partial charge on any atom is -0.494 e. The fourth-order valence-electron chi connectivity index (χ4n) is 1.48. The summed E-state index contributed by atoms with van der Waals surface area (Å²) >= 11 is 0. The van der Waals surface area contributed by atoms with Crippen molar-refractivity contribution in [3.63, 3.8) is 0 Å². The second-order valence-electron chi connectivity index (χ2n) is 4.28. The van der Waals surface area contributed by atoms with Crippen molar-refractivity contribution in [2.24, 2.45) is 0 Å². The van der Waals surface area contributed by atoms with Gasteiger partial charge in [-0.25, -0.2) is 13.1 Å². The van der Waals surface area contributed by atoms with Crippen LogP contribution in [0.15, 0.2) is 29.2 Å². The van der Waals surface area contributed by atoms with E-state index in [1.807, 2.05) is 6.92 Å². The molecule has 9 heteroatoms. The van der Waals surface area contributed by atoms with Crippen molar-refractivity contribution in [1.29, 1.82) is 0 Å². The third-order valence-electron chi connectivity index (χ3n) is 2.47. The summed E-state index contributed by atoms with van der Waals surface area (Å²) in [6.45, 7) is 3.49. The molecule has 122 valence electrons. The summed E-state index contributed by atoms with van der Waals surface area (Å²) in [4.78, 5) is 22.0. The van der Waals surface area contributed by atoms with Gasteiger partial charge in [-0.2, -0.15) is 0 Å². The van der Waals surface area contributed by atoms with E-state index in [1.54, 1.807) is 12.1 Å². The summed E-state index contributed by atoms with van der Waals surface area (Å²) in [7, 11) is -3.69. The number of sulfonamides is 1. The van der Waals surface area contributed by atoms with E-state index < -0.39 is 21.8 Å². The van der Waals surface area contributed by atoms with Gasteiger partial charge in [-0.15, -0.1) is 0 Å². The summed E-state index contributed by atoms with van der Waals surface area (Å²) in [5, 5.41) is 0. The van der Waals surface area contributed by atoms with Gasteiger partial charge >= 0.3 is 0 Å². The van der Waals surface area contributed by atoms with E-state index in [0.29, 0.717) is 12.4 Å². The molecule has 1 aromatic rings. The fraction of sp³-hybridized carbons (Fsp3) is 0.385. The molecular weight excluding hydrogens is 310 g/mol. The number of hydrogen-bond acceptors (Lipinski definition) is 5. The Morgan fingerprint density at radius 1 is 1.14 bits per heavy atom. The van der Waals surface area contributed by atoms with E-state index in [1.165, 1.54) is 19.1 Å². The van der Waals surface area contributed by atoms with Crippen LogP contribution >= 0.6 is 0 Å². The smallest absolute Gasteiger partial charge is 0.240 e. The van der Waals surface area contributed by atoms with Crippen LogP contribution in [0.25, 0.3) is 0 Å². The van der Waals surface area contributed by atoms with Gasteiger partial charge in [0, 0.05) is 19.9 Å². The standard InChI is InChI=1S/C13H19N3O5S/c1-3-21-11-4-6-12(7-5-11)22(19,20)14-9-8-13(18)16-15-10(2)17/h4-7,14H,3,8-9H2,1-2H3,(H,15,17)(H,16,18). The maximum absolute atomic E-state index is 12.0. The number of carbonyl (C=O) groups excluding carboxylic acids is 2. The van der Waals surface area contributed by atoms with Crippen LogP contribution in [0.5, 0.6) is 5.75 Å².